The van der Waals surface area contributed by atoms with Crippen LogP contribution >= 0.6 is 0 Å². The number of non-ortho nitro benzene ring substituents is 1. The van der Waals surface area contributed by atoms with Crippen LogP contribution in [0.4, 0.5) is 11.4 Å². The fourth-order valence-corrected chi connectivity index (χ4v) is 2.14. The highest BCUT2D eigenvalue weighted by atomic mass is 16.6. The van der Waals surface area contributed by atoms with E-state index in [1.165, 1.54) is 0 Å². The minimum atomic E-state index is -0.948. The molecule has 1 saturated heterocycles. The molecule has 0 radical (unpaired) electrons. The molecule has 12 heteroatoms. The molecule has 0 saturated carbocycles. The predicted octanol–water partition coefficient (Wildman–Crippen LogP) is -0.00910. The molecular weight excluding hydrogens is 338 g/mol. The van der Waals surface area contributed by atoms with Gasteiger partial charge in [0.1, 0.15) is 0 Å². The number of phenolic OH excluding ortho intramolecular Hbond substituents is 1. The summed E-state index contributed by atoms with van der Waals surface area (Å²) in [6, 6.07) is 1.56. The number of morpholine rings is 1. The first kappa shape index (κ1) is 18.2. The minimum absolute atomic E-state index is 0.0851. The normalized spacial score (nSPS) is 15.2. The molecular formula is C13H15N5O7. The molecule has 1 aromatic carbocycles. The van der Waals surface area contributed by atoms with Crippen LogP contribution in [0.2, 0.25) is 0 Å². The van der Waals surface area contributed by atoms with Gasteiger partial charge >= 0.3 is 5.69 Å². The van der Waals surface area contributed by atoms with Crippen molar-refractivity contribution < 1.29 is 24.5 Å². The number of carbonyl (C=O) groups is 1. The number of phenols is 1. The van der Waals surface area contributed by atoms with E-state index in [0.29, 0.717) is 32.4 Å². The van der Waals surface area contributed by atoms with Crippen molar-refractivity contribution >= 4 is 23.5 Å². The van der Waals surface area contributed by atoms with Crippen LogP contribution < -0.4 is 5.43 Å². The lowest BCUT2D eigenvalue weighted by molar-refractivity contribution is -0.394. The summed E-state index contributed by atoms with van der Waals surface area (Å²) in [4.78, 5) is 33.5. The van der Waals surface area contributed by atoms with Gasteiger partial charge < -0.3 is 9.84 Å². The Hall–Kier alpha value is -3.12. The number of carbonyl (C=O) groups excluding carboxylic acids is 1. The molecule has 0 unspecified atom stereocenters. The van der Waals surface area contributed by atoms with Gasteiger partial charge in [-0.25, -0.2) is 5.43 Å². The van der Waals surface area contributed by atoms with Crippen molar-refractivity contribution in [1.29, 1.82) is 0 Å². The van der Waals surface area contributed by atoms with E-state index in [4.69, 9.17) is 4.74 Å². The standard InChI is InChI=1S/C13H15N5O7/c19-12(8-16-1-3-25-4-2-16)15-14-7-9-5-10(17(21)22)6-11(13(9)20)18(23)24/h5-7,20H,1-4,8H2,(H,15,19)/b14-7+. The summed E-state index contributed by atoms with van der Waals surface area (Å²) in [6.07, 6.45) is 0.909. The fraction of sp³-hybridized carbons (Fsp3) is 0.385. The minimum Gasteiger partial charge on any atom is -0.502 e. The zero-order valence-corrected chi connectivity index (χ0v) is 13.0. The molecule has 2 N–H and O–H groups in total. The topological polar surface area (TPSA) is 160 Å². The monoisotopic (exact) mass is 353 g/mol. The third-order valence-electron chi connectivity index (χ3n) is 3.38. The maximum Gasteiger partial charge on any atom is 0.318 e. The van der Waals surface area contributed by atoms with Gasteiger partial charge in [-0.3, -0.25) is 29.9 Å². The third kappa shape index (κ3) is 4.92. The molecule has 0 bridgehead atoms. The molecule has 1 heterocycles. The molecule has 1 aromatic rings. The van der Waals surface area contributed by atoms with Crippen LogP contribution in [-0.2, 0) is 9.53 Å². The number of nitro benzene ring substituents is 2. The van der Waals surface area contributed by atoms with Crippen LogP contribution in [0, 0.1) is 20.2 Å². The van der Waals surface area contributed by atoms with Crippen LogP contribution in [-0.4, -0.2) is 64.8 Å². The van der Waals surface area contributed by atoms with Crippen molar-refractivity contribution in [2.24, 2.45) is 5.10 Å². The van der Waals surface area contributed by atoms with Crippen LogP contribution in [0.15, 0.2) is 17.2 Å². The number of aromatic hydroxyl groups is 1. The van der Waals surface area contributed by atoms with Gasteiger partial charge in [0, 0.05) is 19.2 Å². The highest BCUT2D eigenvalue weighted by molar-refractivity contribution is 5.88. The first-order valence-corrected chi connectivity index (χ1v) is 7.16. The first-order valence-electron chi connectivity index (χ1n) is 7.16. The summed E-state index contributed by atoms with van der Waals surface area (Å²) >= 11 is 0. The van der Waals surface area contributed by atoms with Crippen LogP contribution in [0.1, 0.15) is 5.56 Å². The second-order valence-corrected chi connectivity index (χ2v) is 5.10. The largest absolute Gasteiger partial charge is 0.502 e. The van der Waals surface area contributed by atoms with Crippen molar-refractivity contribution in [1.82, 2.24) is 10.3 Å². The average molecular weight is 353 g/mol. The number of nitrogens with one attached hydrogen (secondary N) is 1. The molecule has 1 aliphatic rings. The highest BCUT2D eigenvalue weighted by Gasteiger charge is 2.23. The van der Waals surface area contributed by atoms with Crippen molar-refractivity contribution in [3.05, 3.63) is 37.9 Å². The second-order valence-electron chi connectivity index (χ2n) is 5.10. The molecule has 0 aromatic heterocycles. The van der Waals surface area contributed by atoms with Crippen molar-refractivity contribution in [2.45, 2.75) is 0 Å². The molecule has 12 nitrogen and oxygen atoms in total. The number of ether oxygens (including phenoxy) is 1. The van der Waals surface area contributed by atoms with Crippen molar-refractivity contribution in [2.75, 3.05) is 32.8 Å². The smallest absolute Gasteiger partial charge is 0.318 e. The summed E-state index contributed by atoms with van der Waals surface area (Å²) in [5.41, 5.74) is 0.541. The Kier molecular flexibility index (Phi) is 5.92. The van der Waals surface area contributed by atoms with E-state index in [1.807, 2.05) is 4.90 Å². The first-order chi connectivity index (χ1) is 11.9. The number of hydrogen-bond donors (Lipinski definition) is 2. The van der Waals surface area contributed by atoms with Gasteiger partial charge in [-0.05, 0) is 0 Å². The fourth-order valence-electron chi connectivity index (χ4n) is 2.14. The van der Waals surface area contributed by atoms with E-state index in [1.54, 1.807) is 0 Å². The molecule has 1 fully saturated rings. The number of nitrogens with zero attached hydrogens (tertiary/aromatic N) is 4. The number of amides is 1. The number of hydrogen-bond acceptors (Lipinski definition) is 9. The van der Waals surface area contributed by atoms with Gasteiger partial charge in [0.05, 0.1) is 47.4 Å². The van der Waals surface area contributed by atoms with E-state index in [9.17, 15) is 30.1 Å². The average Bonchev–Trinajstić information content (AvgIpc) is 2.56. The summed E-state index contributed by atoms with van der Waals surface area (Å²) in [6.45, 7) is 2.36. The lowest BCUT2D eigenvalue weighted by Crippen LogP contribution is -2.42. The van der Waals surface area contributed by atoms with Crippen LogP contribution in [0.3, 0.4) is 0 Å². The Morgan fingerprint density at radius 3 is 2.60 bits per heavy atom. The Labute approximate surface area is 141 Å². The molecule has 1 amide bonds. The third-order valence-corrected chi connectivity index (χ3v) is 3.38. The lowest BCUT2D eigenvalue weighted by atomic mass is 10.1. The van der Waals surface area contributed by atoms with Gasteiger partial charge in [-0.1, -0.05) is 0 Å². The summed E-state index contributed by atoms with van der Waals surface area (Å²) in [5, 5.41) is 35.0. The zero-order valence-electron chi connectivity index (χ0n) is 13.0. The zero-order chi connectivity index (χ0) is 18.4. The van der Waals surface area contributed by atoms with Gasteiger partial charge in [0.25, 0.3) is 11.6 Å². The molecule has 1 aliphatic heterocycles. The second kappa shape index (κ2) is 8.12. The van der Waals surface area contributed by atoms with E-state index in [-0.39, 0.29) is 12.1 Å². The van der Waals surface area contributed by atoms with Gasteiger partial charge in [0.2, 0.25) is 5.75 Å². The molecule has 25 heavy (non-hydrogen) atoms. The van der Waals surface area contributed by atoms with Gasteiger partial charge in [0.15, 0.2) is 0 Å². The molecule has 0 spiro atoms. The summed E-state index contributed by atoms with van der Waals surface area (Å²) in [7, 11) is 0. The van der Waals surface area contributed by atoms with Gasteiger partial charge in [-0.2, -0.15) is 5.10 Å². The van der Waals surface area contributed by atoms with E-state index in [0.717, 1.165) is 12.3 Å². The Balaban J connectivity index is 2.07. The van der Waals surface area contributed by atoms with Crippen LogP contribution in [0.25, 0.3) is 0 Å². The van der Waals surface area contributed by atoms with E-state index in [2.05, 4.69) is 10.5 Å². The maximum atomic E-state index is 11.8. The summed E-state index contributed by atoms with van der Waals surface area (Å²) < 4.78 is 5.15. The maximum absolute atomic E-state index is 11.8. The molecule has 0 aliphatic carbocycles. The Morgan fingerprint density at radius 2 is 2.00 bits per heavy atom. The molecule has 0 atom stereocenters. The molecule has 134 valence electrons. The molecule has 2 rings (SSSR count). The Bertz CT molecular complexity index is 715. The van der Waals surface area contributed by atoms with Crippen LogP contribution in [0.5, 0.6) is 5.75 Å². The summed E-state index contributed by atoms with van der Waals surface area (Å²) in [5.74, 6) is -1.21. The number of rotatable bonds is 6. The van der Waals surface area contributed by atoms with E-state index < -0.39 is 32.9 Å². The van der Waals surface area contributed by atoms with Crippen molar-refractivity contribution in [3.63, 3.8) is 0 Å². The van der Waals surface area contributed by atoms with E-state index >= 15 is 0 Å². The quantitative estimate of drug-likeness (QED) is 0.410. The predicted molar refractivity (Wildman–Crippen MR) is 84.4 cm³/mol. The Morgan fingerprint density at radius 1 is 1.32 bits per heavy atom. The van der Waals surface area contributed by atoms with Crippen molar-refractivity contribution in [3.8, 4) is 5.75 Å². The van der Waals surface area contributed by atoms with Gasteiger partial charge in [-0.15, -0.1) is 0 Å². The SMILES string of the molecule is O=C(CN1CCOCC1)N/N=C/c1cc([N+](=O)[O-])cc([N+](=O)[O-])c1O. The number of hydrazone groups is 1. The number of nitro groups is 2. The lowest BCUT2D eigenvalue weighted by Gasteiger charge is -2.25. The number of benzene rings is 1. The highest BCUT2D eigenvalue weighted by Crippen LogP contribution is 2.33.